The zero-order valence-corrected chi connectivity index (χ0v) is 10.1. The fourth-order valence-electron chi connectivity index (χ4n) is 1.88. The van der Waals surface area contributed by atoms with Gasteiger partial charge in [-0.25, -0.2) is 13.6 Å². The number of aromatic carboxylic acids is 1. The number of hydrogen-bond donors (Lipinski definition) is 1. The maximum atomic E-state index is 12.5. The molecule has 0 atom stereocenters. The normalized spacial score (nSPS) is 14.5. The first kappa shape index (κ1) is 13.5. The second-order valence-corrected chi connectivity index (χ2v) is 4.47. The maximum absolute atomic E-state index is 12.5. The molecule has 6 heteroatoms. The van der Waals surface area contributed by atoms with Crippen LogP contribution in [0, 0.1) is 0 Å². The van der Waals surface area contributed by atoms with Crippen LogP contribution in [0.4, 0.5) is 8.78 Å². The lowest BCUT2D eigenvalue weighted by Gasteiger charge is -2.22. The van der Waals surface area contributed by atoms with Crippen molar-refractivity contribution in [1.82, 2.24) is 4.90 Å². The van der Waals surface area contributed by atoms with E-state index >= 15 is 0 Å². The number of carbonyl (C=O) groups excluding carboxylic acids is 1. The quantitative estimate of drug-likeness (QED) is 0.892. The number of benzene rings is 1. The summed E-state index contributed by atoms with van der Waals surface area (Å²) in [6.45, 7) is -0.610. The number of halogens is 2. The first-order valence-electron chi connectivity index (χ1n) is 5.91. The largest absolute Gasteiger partial charge is 0.478 e. The van der Waals surface area contributed by atoms with Crippen LogP contribution in [-0.4, -0.2) is 40.9 Å². The first-order chi connectivity index (χ1) is 8.99. The van der Waals surface area contributed by atoms with Crippen molar-refractivity contribution in [3.8, 4) is 0 Å². The van der Waals surface area contributed by atoms with Gasteiger partial charge in [0.25, 0.3) is 12.3 Å². The highest BCUT2D eigenvalue weighted by molar-refractivity contribution is 5.97. The smallest absolute Gasteiger partial charge is 0.335 e. The molecule has 1 aromatic rings. The third-order valence-corrected chi connectivity index (χ3v) is 2.94. The maximum Gasteiger partial charge on any atom is 0.335 e. The summed E-state index contributed by atoms with van der Waals surface area (Å²) in [5.41, 5.74) is 0.103. The van der Waals surface area contributed by atoms with Gasteiger partial charge in [-0.15, -0.1) is 0 Å². The standard InChI is InChI=1S/C13H13F2NO3/c14-11(15)7-16(10-4-5-10)12(17)8-2-1-3-9(6-8)13(18)19/h1-3,6,10-11H,4-5,7H2,(H,18,19). The van der Waals surface area contributed by atoms with E-state index in [1.807, 2.05) is 0 Å². The molecule has 0 aromatic heterocycles. The molecule has 19 heavy (non-hydrogen) atoms. The molecule has 1 amide bonds. The van der Waals surface area contributed by atoms with Gasteiger partial charge in [0.05, 0.1) is 12.1 Å². The van der Waals surface area contributed by atoms with E-state index in [2.05, 4.69) is 0 Å². The van der Waals surface area contributed by atoms with Gasteiger partial charge in [0.1, 0.15) is 0 Å². The van der Waals surface area contributed by atoms with Gasteiger partial charge in [-0.05, 0) is 31.0 Å². The minimum atomic E-state index is -2.59. The second-order valence-electron chi connectivity index (χ2n) is 4.47. The van der Waals surface area contributed by atoms with Crippen molar-refractivity contribution in [3.63, 3.8) is 0 Å². The summed E-state index contributed by atoms with van der Waals surface area (Å²) in [5, 5.41) is 8.85. The molecular formula is C13H13F2NO3. The van der Waals surface area contributed by atoms with Crippen LogP contribution in [0.1, 0.15) is 33.6 Å². The van der Waals surface area contributed by atoms with Crippen LogP contribution in [-0.2, 0) is 0 Å². The van der Waals surface area contributed by atoms with E-state index in [1.165, 1.54) is 24.3 Å². The lowest BCUT2D eigenvalue weighted by Crippen LogP contribution is -2.37. The van der Waals surface area contributed by atoms with Crippen molar-refractivity contribution in [1.29, 1.82) is 0 Å². The van der Waals surface area contributed by atoms with E-state index in [-0.39, 0.29) is 17.2 Å². The third kappa shape index (κ3) is 3.27. The highest BCUT2D eigenvalue weighted by Gasteiger charge is 2.34. The Labute approximate surface area is 108 Å². The average Bonchev–Trinajstić information content (AvgIpc) is 3.19. The van der Waals surface area contributed by atoms with Crippen LogP contribution in [0.2, 0.25) is 0 Å². The molecule has 0 radical (unpaired) electrons. The van der Waals surface area contributed by atoms with E-state index in [0.717, 1.165) is 17.7 Å². The Kier molecular flexibility index (Phi) is 3.78. The van der Waals surface area contributed by atoms with Gasteiger partial charge in [0.2, 0.25) is 0 Å². The van der Waals surface area contributed by atoms with Crippen LogP contribution in [0.5, 0.6) is 0 Å². The van der Waals surface area contributed by atoms with Crippen molar-refractivity contribution in [2.45, 2.75) is 25.3 Å². The summed E-state index contributed by atoms with van der Waals surface area (Å²) < 4.78 is 24.9. The Bertz CT molecular complexity index is 500. The fourth-order valence-corrected chi connectivity index (χ4v) is 1.88. The molecule has 1 aliphatic rings. The van der Waals surface area contributed by atoms with Crippen molar-refractivity contribution in [2.75, 3.05) is 6.54 Å². The number of rotatable bonds is 5. The fraction of sp³-hybridized carbons (Fsp3) is 0.385. The Morgan fingerprint density at radius 3 is 2.47 bits per heavy atom. The second kappa shape index (κ2) is 5.34. The summed E-state index contributed by atoms with van der Waals surface area (Å²) in [6, 6.07) is 5.30. The van der Waals surface area contributed by atoms with E-state index in [9.17, 15) is 18.4 Å². The number of carboxylic acids is 1. The van der Waals surface area contributed by atoms with Crippen molar-refractivity contribution in [2.24, 2.45) is 0 Å². The van der Waals surface area contributed by atoms with Crippen LogP contribution in [0.25, 0.3) is 0 Å². The summed E-state index contributed by atoms with van der Waals surface area (Å²) in [4.78, 5) is 24.1. The molecule has 0 unspecified atom stereocenters. The Hall–Kier alpha value is -1.98. The summed E-state index contributed by atoms with van der Waals surface area (Å²) >= 11 is 0. The summed E-state index contributed by atoms with van der Waals surface area (Å²) in [7, 11) is 0. The molecular weight excluding hydrogens is 256 g/mol. The molecule has 1 fully saturated rings. The van der Waals surface area contributed by atoms with Crippen LogP contribution < -0.4 is 0 Å². The Balaban J connectivity index is 2.21. The molecule has 0 heterocycles. The average molecular weight is 269 g/mol. The Morgan fingerprint density at radius 1 is 1.32 bits per heavy atom. The highest BCUT2D eigenvalue weighted by atomic mass is 19.3. The van der Waals surface area contributed by atoms with Crippen molar-refractivity contribution >= 4 is 11.9 Å². The molecule has 0 saturated heterocycles. The number of alkyl halides is 2. The van der Waals surface area contributed by atoms with Crippen LogP contribution in [0.3, 0.4) is 0 Å². The van der Waals surface area contributed by atoms with Crippen molar-refractivity contribution in [3.05, 3.63) is 35.4 Å². The topological polar surface area (TPSA) is 57.6 Å². The van der Waals surface area contributed by atoms with Crippen LogP contribution in [0.15, 0.2) is 24.3 Å². The van der Waals surface area contributed by atoms with Gasteiger partial charge < -0.3 is 10.0 Å². The summed E-state index contributed by atoms with van der Waals surface area (Å²) in [5.74, 6) is -1.69. The number of carbonyl (C=O) groups is 2. The number of carboxylic acid groups (broad SMARTS) is 1. The van der Waals surface area contributed by atoms with Gasteiger partial charge >= 0.3 is 5.97 Å². The molecule has 2 rings (SSSR count). The Morgan fingerprint density at radius 2 is 1.95 bits per heavy atom. The van der Waals surface area contributed by atoms with Gasteiger partial charge in [-0.3, -0.25) is 4.79 Å². The monoisotopic (exact) mass is 269 g/mol. The predicted molar refractivity (Wildman–Crippen MR) is 63.5 cm³/mol. The van der Waals surface area contributed by atoms with Gasteiger partial charge in [-0.2, -0.15) is 0 Å². The molecule has 1 saturated carbocycles. The zero-order chi connectivity index (χ0) is 14.0. The van der Waals surface area contributed by atoms with Crippen molar-refractivity contribution < 1.29 is 23.5 Å². The lowest BCUT2D eigenvalue weighted by atomic mass is 10.1. The highest BCUT2D eigenvalue weighted by Crippen LogP contribution is 2.29. The number of amides is 1. The molecule has 4 nitrogen and oxygen atoms in total. The van der Waals surface area contributed by atoms with E-state index in [4.69, 9.17) is 5.11 Å². The minimum Gasteiger partial charge on any atom is -0.478 e. The molecule has 0 bridgehead atoms. The molecule has 1 aliphatic carbocycles. The molecule has 1 N–H and O–H groups in total. The predicted octanol–water partition coefficient (Wildman–Crippen LogP) is 2.25. The third-order valence-electron chi connectivity index (χ3n) is 2.94. The van der Waals surface area contributed by atoms with Gasteiger partial charge in [0, 0.05) is 11.6 Å². The molecule has 0 aliphatic heterocycles. The lowest BCUT2D eigenvalue weighted by molar-refractivity contribution is 0.0534. The first-order valence-corrected chi connectivity index (χ1v) is 5.91. The van der Waals surface area contributed by atoms with Gasteiger partial charge in [0.15, 0.2) is 0 Å². The van der Waals surface area contributed by atoms with E-state index in [1.54, 1.807) is 0 Å². The minimum absolute atomic E-state index is 0.0290. The molecule has 1 aromatic carbocycles. The van der Waals surface area contributed by atoms with Gasteiger partial charge in [-0.1, -0.05) is 6.07 Å². The zero-order valence-electron chi connectivity index (χ0n) is 10.1. The SMILES string of the molecule is O=C(O)c1cccc(C(=O)N(CC(F)F)C2CC2)c1. The van der Waals surface area contributed by atoms with E-state index < -0.39 is 24.8 Å². The summed E-state index contributed by atoms with van der Waals surface area (Å²) in [6.07, 6.45) is -1.15. The van der Waals surface area contributed by atoms with Crippen LogP contribution >= 0.6 is 0 Å². The number of hydrogen-bond acceptors (Lipinski definition) is 2. The van der Waals surface area contributed by atoms with E-state index in [0.29, 0.717) is 0 Å². The number of nitrogens with zero attached hydrogens (tertiary/aromatic N) is 1. The molecule has 102 valence electrons. The molecule has 0 spiro atoms.